The van der Waals surface area contributed by atoms with Crippen molar-refractivity contribution >= 4 is 11.6 Å². The number of ether oxygens (including phenoxy) is 1. The van der Waals surface area contributed by atoms with Gasteiger partial charge in [0.1, 0.15) is 6.61 Å². The lowest BCUT2D eigenvalue weighted by atomic mass is 10.3. The van der Waals surface area contributed by atoms with Crippen molar-refractivity contribution in [3.8, 4) is 0 Å². The molecule has 17 heavy (non-hydrogen) atoms. The second kappa shape index (κ2) is 7.45. The van der Waals surface area contributed by atoms with E-state index in [-0.39, 0.29) is 11.9 Å². The summed E-state index contributed by atoms with van der Waals surface area (Å²) in [6, 6.07) is 0. The Kier molecular flexibility index (Phi) is 7.06. The summed E-state index contributed by atoms with van der Waals surface area (Å²) >= 11 is 5.48. The predicted octanol–water partition coefficient (Wildman–Crippen LogP) is 3.54. The lowest BCUT2D eigenvalue weighted by Crippen LogP contribution is -2.17. The number of aryl methyl sites for hydroxylation is 1. The number of hydrogen-bond donors (Lipinski definition) is 0. The van der Waals surface area contributed by atoms with E-state index in [9.17, 15) is 13.2 Å². The summed E-state index contributed by atoms with van der Waals surface area (Å²) < 4.78 is 39.7. The minimum Gasteiger partial charge on any atom is -0.367 e. The van der Waals surface area contributed by atoms with E-state index in [1.54, 1.807) is 6.92 Å². The van der Waals surface area contributed by atoms with Gasteiger partial charge in [0.05, 0.1) is 6.61 Å². The van der Waals surface area contributed by atoms with Gasteiger partial charge < -0.3 is 4.74 Å². The van der Waals surface area contributed by atoms with E-state index in [0.717, 1.165) is 0 Å². The van der Waals surface area contributed by atoms with Gasteiger partial charge in [-0.2, -0.15) is 13.2 Å². The second-order valence-electron chi connectivity index (χ2n) is 2.86. The largest absolute Gasteiger partial charge is 0.411 e. The summed E-state index contributed by atoms with van der Waals surface area (Å²) in [7, 11) is 0. The van der Waals surface area contributed by atoms with Crippen LogP contribution in [0.5, 0.6) is 0 Å². The van der Waals surface area contributed by atoms with Crippen LogP contribution in [-0.4, -0.2) is 22.8 Å². The SMILES string of the molecule is CC.Cc1nc(Cl)ncc1COCC(F)(F)F. The van der Waals surface area contributed by atoms with Crippen LogP contribution in [0.4, 0.5) is 13.2 Å². The summed E-state index contributed by atoms with van der Waals surface area (Å²) in [5.41, 5.74) is 1.00. The monoisotopic (exact) mass is 270 g/mol. The average molecular weight is 271 g/mol. The standard InChI is InChI=1S/C8H8ClF3N2O.C2H6/c1-5-6(2-13-7(9)14-5)3-15-4-8(10,11)12;1-2/h2H,3-4H2,1H3;1-2H3. The molecule has 0 radical (unpaired) electrons. The minimum absolute atomic E-state index is 0.0621. The summed E-state index contributed by atoms with van der Waals surface area (Å²) in [5.74, 6) is 0. The highest BCUT2D eigenvalue weighted by molar-refractivity contribution is 6.28. The van der Waals surface area contributed by atoms with Crippen LogP contribution in [0.25, 0.3) is 0 Å². The van der Waals surface area contributed by atoms with Gasteiger partial charge in [0.15, 0.2) is 0 Å². The summed E-state index contributed by atoms with van der Waals surface area (Å²) in [5, 5.41) is 0.0621. The molecule has 0 fully saturated rings. The zero-order valence-corrected chi connectivity index (χ0v) is 10.6. The van der Waals surface area contributed by atoms with Crippen LogP contribution in [-0.2, 0) is 11.3 Å². The summed E-state index contributed by atoms with van der Waals surface area (Å²) in [6.07, 6.45) is -2.97. The van der Waals surface area contributed by atoms with Gasteiger partial charge in [-0.1, -0.05) is 13.8 Å². The Labute approximate surface area is 103 Å². The molecule has 0 aliphatic heterocycles. The van der Waals surface area contributed by atoms with E-state index < -0.39 is 12.8 Å². The number of alkyl halides is 3. The fraction of sp³-hybridized carbons (Fsp3) is 0.600. The molecule has 3 nitrogen and oxygen atoms in total. The molecule has 0 aliphatic rings. The van der Waals surface area contributed by atoms with Crippen molar-refractivity contribution in [3.05, 3.63) is 22.7 Å². The Morgan fingerprint density at radius 3 is 2.41 bits per heavy atom. The van der Waals surface area contributed by atoms with Crippen molar-refractivity contribution in [1.29, 1.82) is 0 Å². The fourth-order valence-corrected chi connectivity index (χ4v) is 1.06. The van der Waals surface area contributed by atoms with Crippen molar-refractivity contribution in [1.82, 2.24) is 9.97 Å². The molecule has 98 valence electrons. The molecule has 0 N–H and O–H groups in total. The first-order valence-electron chi connectivity index (χ1n) is 5.01. The van der Waals surface area contributed by atoms with Crippen LogP contribution in [0.1, 0.15) is 25.1 Å². The van der Waals surface area contributed by atoms with E-state index in [2.05, 4.69) is 14.7 Å². The maximum absolute atomic E-state index is 11.7. The Balaban J connectivity index is 0.00000121. The Morgan fingerprint density at radius 1 is 1.35 bits per heavy atom. The normalized spacial score (nSPS) is 10.8. The molecule has 1 aromatic rings. The quantitative estimate of drug-likeness (QED) is 0.788. The van der Waals surface area contributed by atoms with Gasteiger partial charge in [-0.25, -0.2) is 9.97 Å². The van der Waals surface area contributed by atoms with Crippen LogP contribution in [0.15, 0.2) is 6.20 Å². The van der Waals surface area contributed by atoms with Crippen molar-refractivity contribution in [3.63, 3.8) is 0 Å². The van der Waals surface area contributed by atoms with Gasteiger partial charge in [-0.3, -0.25) is 0 Å². The molecule has 0 spiro atoms. The van der Waals surface area contributed by atoms with Gasteiger partial charge in [0, 0.05) is 17.5 Å². The third-order valence-electron chi connectivity index (χ3n) is 1.57. The zero-order chi connectivity index (χ0) is 13.5. The van der Waals surface area contributed by atoms with Gasteiger partial charge in [0.2, 0.25) is 5.28 Å². The molecule has 0 saturated carbocycles. The number of rotatable bonds is 3. The van der Waals surface area contributed by atoms with Crippen LogP contribution in [0.2, 0.25) is 5.28 Å². The third-order valence-corrected chi connectivity index (χ3v) is 1.76. The molecule has 0 atom stereocenters. The molecule has 1 aromatic heterocycles. The molecule has 0 aliphatic carbocycles. The smallest absolute Gasteiger partial charge is 0.367 e. The zero-order valence-electron chi connectivity index (χ0n) is 9.81. The van der Waals surface area contributed by atoms with Crippen molar-refractivity contribution in [2.75, 3.05) is 6.61 Å². The first kappa shape index (κ1) is 16.1. The molecular formula is C10H14ClF3N2O. The lowest BCUT2D eigenvalue weighted by molar-refractivity contribution is -0.176. The molecule has 0 aromatic carbocycles. The first-order valence-corrected chi connectivity index (χ1v) is 5.39. The van der Waals surface area contributed by atoms with E-state index >= 15 is 0 Å². The van der Waals surface area contributed by atoms with E-state index in [1.807, 2.05) is 13.8 Å². The molecule has 0 amide bonds. The van der Waals surface area contributed by atoms with Crippen LogP contribution >= 0.6 is 11.6 Å². The topological polar surface area (TPSA) is 35.0 Å². The van der Waals surface area contributed by atoms with Crippen molar-refractivity contribution in [2.24, 2.45) is 0 Å². The average Bonchev–Trinajstić information content (AvgIpc) is 2.23. The molecule has 1 rings (SSSR count). The number of halogens is 4. The molecule has 7 heteroatoms. The molecule has 0 saturated heterocycles. The Morgan fingerprint density at radius 2 is 1.94 bits per heavy atom. The third kappa shape index (κ3) is 7.12. The predicted molar refractivity (Wildman–Crippen MR) is 58.8 cm³/mol. The lowest BCUT2D eigenvalue weighted by Gasteiger charge is -2.08. The van der Waals surface area contributed by atoms with E-state index in [0.29, 0.717) is 11.3 Å². The van der Waals surface area contributed by atoms with Crippen molar-refractivity contribution in [2.45, 2.75) is 33.6 Å². The van der Waals surface area contributed by atoms with Crippen LogP contribution in [0.3, 0.4) is 0 Å². The second-order valence-corrected chi connectivity index (χ2v) is 3.20. The number of aromatic nitrogens is 2. The Bertz CT molecular complexity index is 345. The molecule has 0 bridgehead atoms. The molecule has 0 unspecified atom stereocenters. The van der Waals surface area contributed by atoms with Gasteiger partial charge in [-0.05, 0) is 18.5 Å². The van der Waals surface area contributed by atoms with Gasteiger partial charge in [0.25, 0.3) is 0 Å². The van der Waals surface area contributed by atoms with Crippen LogP contribution in [0, 0.1) is 6.92 Å². The van der Waals surface area contributed by atoms with Crippen molar-refractivity contribution < 1.29 is 17.9 Å². The fourth-order valence-electron chi connectivity index (χ4n) is 0.882. The maximum atomic E-state index is 11.7. The highest BCUT2D eigenvalue weighted by Crippen LogP contribution is 2.16. The van der Waals surface area contributed by atoms with E-state index in [1.165, 1.54) is 6.20 Å². The van der Waals surface area contributed by atoms with Crippen LogP contribution < -0.4 is 0 Å². The Hall–Kier alpha value is -0.880. The number of hydrogen-bond acceptors (Lipinski definition) is 3. The summed E-state index contributed by atoms with van der Waals surface area (Å²) in [6.45, 7) is 4.16. The van der Waals surface area contributed by atoms with E-state index in [4.69, 9.17) is 11.6 Å². The summed E-state index contributed by atoms with van der Waals surface area (Å²) in [4.78, 5) is 7.43. The van der Waals surface area contributed by atoms with Gasteiger partial charge in [-0.15, -0.1) is 0 Å². The number of nitrogens with zero attached hydrogens (tertiary/aromatic N) is 2. The molecular weight excluding hydrogens is 257 g/mol. The highest BCUT2D eigenvalue weighted by Gasteiger charge is 2.27. The first-order chi connectivity index (χ1) is 7.88. The molecule has 1 heterocycles. The highest BCUT2D eigenvalue weighted by atomic mass is 35.5. The van der Waals surface area contributed by atoms with Gasteiger partial charge >= 0.3 is 6.18 Å². The minimum atomic E-state index is -4.32. The maximum Gasteiger partial charge on any atom is 0.411 e.